The van der Waals surface area contributed by atoms with E-state index >= 15 is 0 Å². The number of hydrogen-bond acceptors (Lipinski definition) is 1. The van der Waals surface area contributed by atoms with Crippen LogP contribution in [0.2, 0.25) is 0 Å². The Morgan fingerprint density at radius 2 is 1.64 bits per heavy atom. The van der Waals surface area contributed by atoms with E-state index in [0.717, 1.165) is 23.1 Å². The van der Waals surface area contributed by atoms with E-state index in [1.807, 2.05) is 42.5 Å². The molecular formula is C20H23NO. The molecule has 0 aromatic heterocycles. The largest absolute Gasteiger partial charge is 0.349 e. The minimum Gasteiger partial charge on any atom is -0.349 e. The summed E-state index contributed by atoms with van der Waals surface area (Å²) in [6.45, 7) is 2.24. The molecule has 2 aromatic rings. The van der Waals surface area contributed by atoms with Gasteiger partial charge in [0.05, 0.1) is 0 Å². The lowest BCUT2D eigenvalue weighted by Crippen LogP contribution is -2.41. The first-order valence-electron chi connectivity index (χ1n) is 8.21. The zero-order valence-corrected chi connectivity index (χ0v) is 13.1. The number of amides is 1. The predicted octanol–water partition coefficient (Wildman–Crippen LogP) is 4.66. The Balaban J connectivity index is 1.84. The molecule has 2 nitrogen and oxygen atoms in total. The highest BCUT2D eigenvalue weighted by atomic mass is 16.1. The lowest BCUT2D eigenvalue weighted by atomic mass is 9.85. The van der Waals surface area contributed by atoms with Gasteiger partial charge in [-0.25, -0.2) is 0 Å². The summed E-state index contributed by atoms with van der Waals surface area (Å²) in [4.78, 5) is 12.7. The van der Waals surface area contributed by atoms with Crippen molar-refractivity contribution in [1.82, 2.24) is 5.32 Å². The molecule has 2 atom stereocenters. The Bertz CT molecular complexity index is 635. The van der Waals surface area contributed by atoms with Gasteiger partial charge in [-0.1, -0.05) is 68.3 Å². The van der Waals surface area contributed by atoms with Gasteiger partial charge in [0.1, 0.15) is 0 Å². The van der Waals surface area contributed by atoms with E-state index in [1.165, 1.54) is 19.3 Å². The lowest BCUT2D eigenvalue weighted by Gasteiger charge is -2.29. The third kappa shape index (κ3) is 3.22. The SMILES string of the molecule is CC1CCCCC1NC(=O)c1ccccc1-c1ccccc1. The van der Waals surface area contributed by atoms with Gasteiger partial charge in [-0.2, -0.15) is 0 Å². The fraction of sp³-hybridized carbons (Fsp3) is 0.350. The summed E-state index contributed by atoms with van der Waals surface area (Å²) in [7, 11) is 0. The van der Waals surface area contributed by atoms with Crippen molar-refractivity contribution in [3.63, 3.8) is 0 Å². The maximum atomic E-state index is 12.7. The summed E-state index contributed by atoms with van der Waals surface area (Å²) in [5.41, 5.74) is 2.86. The lowest BCUT2D eigenvalue weighted by molar-refractivity contribution is 0.0911. The maximum Gasteiger partial charge on any atom is 0.252 e. The fourth-order valence-corrected chi connectivity index (χ4v) is 3.33. The summed E-state index contributed by atoms with van der Waals surface area (Å²) in [5, 5.41) is 3.26. The minimum atomic E-state index is 0.0539. The predicted molar refractivity (Wildman–Crippen MR) is 90.8 cm³/mol. The van der Waals surface area contributed by atoms with Crippen LogP contribution in [0.1, 0.15) is 43.0 Å². The molecule has 0 radical (unpaired) electrons. The van der Waals surface area contributed by atoms with Crippen LogP contribution in [0.5, 0.6) is 0 Å². The number of carbonyl (C=O) groups is 1. The average Bonchev–Trinajstić information content (AvgIpc) is 2.58. The van der Waals surface area contributed by atoms with E-state index in [4.69, 9.17) is 0 Å². The molecular weight excluding hydrogens is 270 g/mol. The van der Waals surface area contributed by atoms with Gasteiger partial charge >= 0.3 is 0 Å². The van der Waals surface area contributed by atoms with Gasteiger partial charge in [0.25, 0.3) is 5.91 Å². The first-order valence-corrected chi connectivity index (χ1v) is 8.21. The second-order valence-electron chi connectivity index (χ2n) is 6.25. The van der Waals surface area contributed by atoms with Gasteiger partial charge in [0.15, 0.2) is 0 Å². The molecule has 3 rings (SSSR count). The summed E-state index contributed by atoms with van der Waals surface area (Å²) in [5.74, 6) is 0.625. The van der Waals surface area contributed by atoms with Crippen molar-refractivity contribution >= 4 is 5.91 Å². The first-order chi connectivity index (χ1) is 10.8. The molecule has 2 heteroatoms. The number of hydrogen-bond donors (Lipinski definition) is 1. The number of rotatable bonds is 3. The monoisotopic (exact) mass is 293 g/mol. The van der Waals surface area contributed by atoms with E-state index in [-0.39, 0.29) is 5.91 Å². The minimum absolute atomic E-state index is 0.0539. The molecule has 0 bridgehead atoms. The molecule has 114 valence electrons. The van der Waals surface area contributed by atoms with Crippen molar-refractivity contribution in [2.75, 3.05) is 0 Å². The third-order valence-electron chi connectivity index (χ3n) is 4.68. The first kappa shape index (κ1) is 14.8. The quantitative estimate of drug-likeness (QED) is 0.876. The van der Waals surface area contributed by atoms with Crippen LogP contribution >= 0.6 is 0 Å². The summed E-state index contributed by atoms with van der Waals surface area (Å²) >= 11 is 0. The van der Waals surface area contributed by atoms with E-state index < -0.39 is 0 Å². The fourth-order valence-electron chi connectivity index (χ4n) is 3.33. The van der Waals surface area contributed by atoms with Gasteiger partial charge < -0.3 is 5.32 Å². The van der Waals surface area contributed by atoms with E-state index in [9.17, 15) is 4.79 Å². The van der Waals surface area contributed by atoms with Gasteiger partial charge in [-0.3, -0.25) is 4.79 Å². The van der Waals surface area contributed by atoms with Gasteiger partial charge in [-0.05, 0) is 36.0 Å². The van der Waals surface area contributed by atoms with E-state index in [1.54, 1.807) is 0 Å². The Hall–Kier alpha value is -2.09. The van der Waals surface area contributed by atoms with Crippen molar-refractivity contribution in [2.45, 2.75) is 38.6 Å². The van der Waals surface area contributed by atoms with Gasteiger partial charge in [0.2, 0.25) is 0 Å². The van der Waals surface area contributed by atoms with Crippen LogP contribution in [-0.2, 0) is 0 Å². The molecule has 1 aliphatic rings. The van der Waals surface area contributed by atoms with Crippen LogP contribution in [0, 0.1) is 5.92 Å². The van der Waals surface area contributed by atoms with Crippen LogP contribution in [0.15, 0.2) is 54.6 Å². The van der Waals surface area contributed by atoms with Crippen molar-refractivity contribution < 1.29 is 4.79 Å². The summed E-state index contributed by atoms with van der Waals surface area (Å²) in [6.07, 6.45) is 4.81. The maximum absolute atomic E-state index is 12.7. The highest BCUT2D eigenvalue weighted by Gasteiger charge is 2.24. The topological polar surface area (TPSA) is 29.1 Å². The molecule has 1 N–H and O–H groups in total. The van der Waals surface area contributed by atoms with Crippen LogP contribution in [0.3, 0.4) is 0 Å². The molecule has 0 saturated heterocycles. The van der Waals surface area contributed by atoms with Crippen molar-refractivity contribution in [3.05, 3.63) is 60.2 Å². The highest BCUT2D eigenvalue weighted by molar-refractivity contribution is 6.01. The molecule has 1 saturated carbocycles. The zero-order valence-electron chi connectivity index (χ0n) is 13.1. The molecule has 1 aliphatic carbocycles. The van der Waals surface area contributed by atoms with Crippen molar-refractivity contribution in [1.29, 1.82) is 0 Å². The Labute approximate surface area is 132 Å². The Kier molecular flexibility index (Phi) is 4.57. The number of carbonyl (C=O) groups excluding carboxylic acids is 1. The third-order valence-corrected chi connectivity index (χ3v) is 4.68. The van der Waals surface area contributed by atoms with Crippen LogP contribution in [0.4, 0.5) is 0 Å². The average molecular weight is 293 g/mol. The Morgan fingerprint density at radius 3 is 2.41 bits per heavy atom. The molecule has 0 aliphatic heterocycles. The standard InChI is InChI=1S/C20H23NO/c1-15-9-5-8-14-19(15)21-20(22)18-13-7-6-12-17(18)16-10-3-2-4-11-16/h2-4,6-7,10-13,15,19H,5,8-9,14H2,1H3,(H,21,22). The molecule has 1 amide bonds. The molecule has 0 heterocycles. The summed E-state index contributed by atoms with van der Waals surface area (Å²) in [6, 6.07) is 18.3. The normalized spacial score (nSPS) is 21.3. The van der Waals surface area contributed by atoms with Crippen molar-refractivity contribution in [3.8, 4) is 11.1 Å². The number of benzene rings is 2. The second-order valence-corrected chi connectivity index (χ2v) is 6.25. The molecule has 0 spiro atoms. The second kappa shape index (κ2) is 6.78. The van der Waals surface area contributed by atoms with E-state index in [0.29, 0.717) is 12.0 Å². The van der Waals surface area contributed by atoms with Crippen molar-refractivity contribution in [2.24, 2.45) is 5.92 Å². The summed E-state index contributed by atoms with van der Waals surface area (Å²) < 4.78 is 0. The number of nitrogens with one attached hydrogen (secondary N) is 1. The van der Waals surface area contributed by atoms with Gasteiger partial charge in [-0.15, -0.1) is 0 Å². The zero-order chi connectivity index (χ0) is 15.4. The smallest absolute Gasteiger partial charge is 0.252 e. The molecule has 22 heavy (non-hydrogen) atoms. The van der Waals surface area contributed by atoms with Crippen LogP contribution in [-0.4, -0.2) is 11.9 Å². The van der Waals surface area contributed by atoms with Crippen LogP contribution < -0.4 is 5.32 Å². The van der Waals surface area contributed by atoms with E-state index in [2.05, 4.69) is 24.4 Å². The molecule has 2 unspecified atom stereocenters. The highest BCUT2D eigenvalue weighted by Crippen LogP contribution is 2.26. The van der Waals surface area contributed by atoms with Gasteiger partial charge in [0, 0.05) is 11.6 Å². The molecule has 2 aromatic carbocycles. The van der Waals surface area contributed by atoms with Crippen LogP contribution in [0.25, 0.3) is 11.1 Å². The Morgan fingerprint density at radius 1 is 0.955 bits per heavy atom. The molecule has 1 fully saturated rings.